The third kappa shape index (κ3) is 4.10. The Labute approximate surface area is 146 Å². The lowest BCUT2D eigenvalue weighted by molar-refractivity contribution is 0.168. The van der Waals surface area contributed by atoms with Gasteiger partial charge in [0.25, 0.3) is 0 Å². The molecule has 0 bridgehead atoms. The Hall–Kier alpha value is -3.45. The number of anilines is 2. The zero-order chi connectivity index (χ0) is 18.4. The number of carbonyl (C=O) groups is 1. The van der Waals surface area contributed by atoms with Gasteiger partial charge in [0.15, 0.2) is 0 Å². The van der Waals surface area contributed by atoms with Crippen molar-refractivity contribution in [3.05, 3.63) is 46.8 Å². The second kappa shape index (κ2) is 7.89. The first-order valence-electron chi connectivity index (χ1n) is 7.77. The van der Waals surface area contributed by atoms with Gasteiger partial charge in [0.1, 0.15) is 17.8 Å². The number of rotatable bonds is 5. The van der Waals surface area contributed by atoms with Crippen LogP contribution < -0.4 is 10.6 Å². The van der Waals surface area contributed by atoms with E-state index in [2.05, 4.69) is 22.8 Å². The van der Waals surface area contributed by atoms with Crippen LogP contribution in [0.2, 0.25) is 0 Å². The number of nitrogens with one attached hydrogen (secondary N) is 2. The minimum Gasteiger partial charge on any atom is -0.450 e. The minimum atomic E-state index is -0.594. The van der Waals surface area contributed by atoms with E-state index < -0.39 is 6.09 Å². The highest BCUT2D eigenvalue weighted by Crippen LogP contribution is 2.22. The molecular formula is C18H19N5O2. The van der Waals surface area contributed by atoms with E-state index in [0.29, 0.717) is 23.5 Å². The molecule has 1 heterocycles. The summed E-state index contributed by atoms with van der Waals surface area (Å²) >= 11 is 0. The molecule has 0 aliphatic carbocycles. The number of benzene rings is 1. The molecule has 1 aromatic heterocycles. The average molecular weight is 337 g/mol. The maximum Gasteiger partial charge on any atom is 0.411 e. The SMILES string of the molecule is CCOC(=O)Nc1ccc(NCc2cc(C#N)n(C)c2C)cc1C#N. The van der Waals surface area contributed by atoms with E-state index in [1.54, 1.807) is 25.1 Å². The fourth-order valence-corrected chi connectivity index (χ4v) is 2.38. The van der Waals surface area contributed by atoms with Crippen molar-refractivity contribution in [3.8, 4) is 12.1 Å². The molecule has 2 N–H and O–H groups in total. The summed E-state index contributed by atoms with van der Waals surface area (Å²) in [5.74, 6) is 0. The monoisotopic (exact) mass is 337 g/mol. The highest BCUT2D eigenvalue weighted by molar-refractivity contribution is 5.87. The lowest BCUT2D eigenvalue weighted by atomic mass is 10.1. The van der Waals surface area contributed by atoms with E-state index in [1.807, 2.05) is 24.6 Å². The minimum absolute atomic E-state index is 0.258. The summed E-state index contributed by atoms with van der Waals surface area (Å²) in [5, 5.41) is 24.1. The molecule has 0 fully saturated rings. The molecule has 25 heavy (non-hydrogen) atoms. The summed E-state index contributed by atoms with van der Waals surface area (Å²) in [6, 6.07) is 11.1. The molecule has 2 aromatic rings. The predicted molar refractivity (Wildman–Crippen MR) is 94.0 cm³/mol. The van der Waals surface area contributed by atoms with Crippen LogP contribution in [-0.2, 0) is 18.3 Å². The Bertz CT molecular complexity index is 871. The van der Waals surface area contributed by atoms with Gasteiger partial charge in [-0.3, -0.25) is 5.32 Å². The molecule has 128 valence electrons. The molecule has 0 aliphatic rings. The largest absolute Gasteiger partial charge is 0.450 e. The van der Waals surface area contributed by atoms with Crippen molar-refractivity contribution in [2.75, 3.05) is 17.2 Å². The van der Waals surface area contributed by atoms with Gasteiger partial charge >= 0.3 is 6.09 Å². The van der Waals surface area contributed by atoms with Crippen LogP contribution in [0.1, 0.15) is 29.4 Å². The quantitative estimate of drug-likeness (QED) is 0.871. The van der Waals surface area contributed by atoms with Crippen molar-refractivity contribution in [1.82, 2.24) is 4.57 Å². The Kier molecular flexibility index (Phi) is 5.65. The number of nitrogens with zero attached hydrogens (tertiary/aromatic N) is 3. The maximum atomic E-state index is 11.5. The molecule has 1 amide bonds. The molecule has 0 spiro atoms. The first-order valence-corrected chi connectivity index (χ1v) is 7.77. The van der Waals surface area contributed by atoms with Crippen molar-refractivity contribution in [2.24, 2.45) is 7.05 Å². The Morgan fingerprint density at radius 1 is 1.28 bits per heavy atom. The highest BCUT2D eigenvalue weighted by Gasteiger charge is 2.10. The van der Waals surface area contributed by atoms with E-state index in [1.165, 1.54) is 0 Å². The molecule has 0 radical (unpaired) electrons. The van der Waals surface area contributed by atoms with E-state index in [0.717, 1.165) is 16.9 Å². The van der Waals surface area contributed by atoms with Crippen LogP contribution in [-0.4, -0.2) is 17.3 Å². The van der Waals surface area contributed by atoms with Crippen LogP contribution >= 0.6 is 0 Å². The summed E-state index contributed by atoms with van der Waals surface area (Å²) in [6.07, 6.45) is -0.594. The van der Waals surface area contributed by atoms with Crippen molar-refractivity contribution >= 4 is 17.5 Å². The van der Waals surface area contributed by atoms with Crippen LogP contribution in [0.4, 0.5) is 16.2 Å². The summed E-state index contributed by atoms with van der Waals surface area (Å²) in [6.45, 7) is 4.44. The van der Waals surface area contributed by atoms with Gasteiger partial charge < -0.3 is 14.6 Å². The third-order valence-corrected chi connectivity index (χ3v) is 3.89. The van der Waals surface area contributed by atoms with Gasteiger partial charge in [0, 0.05) is 25.0 Å². The van der Waals surface area contributed by atoms with E-state index in [4.69, 9.17) is 10.00 Å². The number of carbonyl (C=O) groups excluding carboxylic acids is 1. The molecule has 7 heteroatoms. The van der Waals surface area contributed by atoms with Gasteiger partial charge in [0.05, 0.1) is 17.9 Å². The smallest absolute Gasteiger partial charge is 0.411 e. The van der Waals surface area contributed by atoms with Crippen molar-refractivity contribution < 1.29 is 9.53 Å². The Morgan fingerprint density at radius 3 is 2.64 bits per heavy atom. The molecular weight excluding hydrogens is 318 g/mol. The van der Waals surface area contributed by atoms with Gasteiger partial charge in [-0.05, 0) is 43.7 Å². The summed E-state index contributed by atoms with van der Waals surface area (Å²) in [7, 11) is 1.85. The molecule has 1 aromatic carbocycles. The summed E-state index contributed by atoms with van der Waals surface area (Å²) in [5.41, 5.74) is 4.08. The first kappa shape index (κ1) is 17.9. The van der Waals surface area contributed by atoms with Gasteiger partial charge in [-0.25, -0.2) is 4.79 Å². The van der Waals surface area contributed by atoms with Crippen LogP contribution in [0.15, 0.2) is 24.3 Å². The number of aromatic nitrogens is 1. The van der Waals surface area contributed by atoms with Crippen molar-refractivity contribution in [3.63, 3.8) is 0 Å². The molecule has 0 atom stereocenters. The molecule has 0 aliphatic heterocycles. The van der Waals surface area contributed by atoms with Crippen LogP contribution in [0.5, 0.6) is 0 Å². The van der Waals surface area contributed by atoms with Crippen molar-refractivity contribution in [2.45, 2.75) is 20.4 Å². The van der Waals surface area contributed by atoms with Gasteiger partial charge in [0.2, 0.25) is 0 Å². The zero-order valence-corrected chi connectivity index (χ0v) is 14.4. The summed E-state index contributed by atoms with van der Waals surface area (Å²) < 4.78 is 6.65. The lowest BCUT2D eigenvalue weighted by Crippen LogP contribution is -2.14. The molecule has 0 saturated carbocycles. The topological polar surface area (TPSA) is 103 Å². The maximum absolute atomic E-state index is 11.5. The fraction of sp³-hybridized carbons (Fsp3) is 0.278. The van der Waals surface area contributed by atoms with Gasteiger partial charge in [-0.2, -0.15) is 10.5 Å². The van der Waals surface area contributed by atoms with Crippen LogP contribution in [0, 0.1) is 29.6 Å². The van der Waals surface area contributed by atoms with Crippen LogP contribution in [0.3, 0.4) is 0 Å². The summed E-state index contributed by atoms with van der Waals surface area (Å²) in [4.78, 5) is 11.5. The molecule has 0 saturated heterocycles. The number of hydrogen-bond donors (Lipinski definition) is 2. The Balaban J connectivity index is 2.12. The second-order valence-electron chi connectivity index (χ2n) is 5.38. The standard InChI is InChI=1S/C18H19N5O2/c1-4-25-18(24)22-17-6-5-15(7-13(17)9-19)21-11-14-8-16(10-20)23(3)12(14)2/h5-8,21H,4,11H2,1-3H3,(H,22,24). The van der Waals surface area contributed by atoms with E-state index in [9.17, 15) is 10.1 Å². The first-order chi connectivity index (χ1) is 12.0. The predicted octanol–water partition coefficient (Wildman–Crippen LogP) is 3.26. The molecule has 0 unspecified atom stereocenters. The molecule has 2 rings (SSSR count). The van der Waals surface area contributed by atoms with Crippen LogP contribution in [0.25, 0.3) is 0 Å². The van der Waals surface area contributed by atoms with E-state index in [-0.39, 0.29) is 6.61 Å². The van der Waals surface area contributed by atoms with Gasteiger partial charge in [-0.1, -0.05) is 0 Å². The molecule has 7 nitrogen and oxygen atoms in total. The average Bonchev–Trinajstić information content (AvgIpc) is 2.88. The second-order valence-corrected chi connectivity index (χ2v) is 5.38. The lowest BCUT2D eigenvalue weighted by Gasteiger charge is -2.11. The van der Waals surface area contributed by atoms with Crippen molar-refractivity contribution in [1.29, 1.82) is 10.5 Å². The highest BCUT2D eigenvalue weighted by atomic mass is 16.5. The zero-order valence-electron chi connectivity index (χ0n) is 14.4. The number of ether oxygens (including phenoxy) is 1. The normalized spacial score (nSPS) is 9.80. The fourth-order valence-electron chi connectivity index (χ4n) is 2.38. The number of amides is 1. The number of hydrogen-bond acceptors (Lipinski definition) is 5. The van der Waals surface area contributed by atoms with Gasteiger partial charge in [-0.15, -0.1) is 0 Å². The number of nitriles is 2. The van der Waals surface area contributed by atoms with E-state index >= 15 is 0 Å². The third-order valence-electron chi connectivity index (χ3n) is 3.89. The Morgan fingerprint density at radius 2 is 2.04 bits per heavy atom.